The van der Waals surface area contributed by atoms with Crippen LogP contribution in [0.5, 0.6) is 0 Å². The van der Waals surface area contributed by atoms with Gasteiger partial charge in [0.25, 0.3) is 0 Å². The molecule has 2 atom stereocenters. The maximum absolute atomic E-state index is 14.1. The molecular formula is C15H20BrF2NO. The first kappa shape index (κ1) is 15.9. The summed E-state index contributed by atoms with van der Waals surface area (Å²) in [5.74, 6) is -1.02. The van der Waals surface area contributed by atoms with Gasteiger partial charge in [-0.3, -0.25) is 0 Å². The first-order valence-electron chi connectivity index (χ1n) is 6.97. The van der Waals surface area contributed by atoms with Crippen molar-refractivity contribution >= 4 is 15.9 Å². The van der Waals surface area contributed by atoms with Gasteiger partial charge >= 0.3 is 0 Å². The lowest BCUT2D eigenvalue weighted by Crippen LogP contribution is -2.50. The molecule has 1 fully saturated rings. The van der Waals surface area contributed by atoms with Crippen LogP contribution < -0.4 is 5.32 Å². The number of ether oxygens (including phenoxy) is 1. The topological polar surface area (TPSA) is 21.3 Å². The summed E-state index contributed by atoms with van der Waals surface area (Å²) in [4.78, 5) is 0. The summed E-state index contributed by atoms with van der Waals surface area (Å²) in [5, 5.41) is 3.31. The van der Waals surface area contributed by atoms with Gasteiger partial charge in [-0.25, -0.2) is 8.78 Å². The monoisotopic (exact) mass is 347 g/mol. The third-order valence-electron chi connectivity index (χ3n) is 3.98. The fourth-order valence-electron chi connectivity index (χ4n) is 2.79. The van der Waals surface area contributed by atoms with Gasteiger partial charge in [0.05, 0.1) is 10.1 Å². The third-order valence-corrected chi connectivity index (χ3v) is 4.60. The zero-order valence-corrected chi connectivity index (χ0v) is 13.4. The minimum absolute atomic E-state index is 0.103. The molecule has 112 valence electrons. The molecule has 2 rings (SSSR count). The second kappa shape index (κ2) is 6.50. The Hall–Kier alpha value is -0.520. The zero-order chi connectivity index (χ0) is 14.8. The fraction of sp³-hybridized carbons (Fsp3) is 0.600. The predicted molar refractivity (Wildman–Crippen MR) is 78.8 cm³/mol. The van der Waals surface area contributed by atoms with Crippen molar-refractivity contribution in [2.45, 2.75) is 44.8 Å². The van der Waals surface area contributed by atoms with Crippen LogP contribution in [0, 0.1) is 11.6 Å². The molecule has 5 heteroatoms. The Morgan fingerprint density at radius 3 is 2.80 bits per heavy atom. The third kappa shape index (κ3) is 3.21. The van der Waals surface area contributed by atoms with Crippen molar-refractivity contribution in [3.8, 4) is 0 Å². The minimum Gasteiger partial charge on any atom is -0.374 e. The van der Waals surface area contributed by atoms with Crippen molar-refractivity contribution in [1.82, 2.24) is 5.32 Å². The van der Waals surface area contributed by atoms with Crippen LogP contribution in [-0.2, 0) is 11.2 Å². The smallest absolute Gasteiger partial charge is 0.143 e. The molecule has 1 N–H and O–H groups in total. The fourth-order valence-corrected chi connectivity index (χ4v) is 3.16. The van der Waals surface area contributed by atoms with E-state index in [1.165, 1.54) is 12.1 Å². The molecule has 20 heavy (non-hydrogen) atoms. The van der Waals surface area contributed by atoms with Crippen LogP contribution in [0.4, 0.5) is 8.78 Å². The van der Waals surface area contributed by atoms with E-state index in [0.717, 1.165) is 19.4 Å². The zero-order valence-electron chi connectivity index (χ0n) is 11.8. The van der Waals surface area contributed by atoms with E-state index in [4.69, 9.17) is 4.74 Å². The van der Waals surface area contributed by atoms with E-state index in [1.54, 1.807) is 0 Å². The lowest BCUT2D eigenvalue weighted by Gasteiger charge is -2.34. The molecule has 0 radical (unpaired) electrons. The summed E-state index contributed by atoms with van der Waals surface area (Å²) >= 11 is 3.11. The van der Waals surface area contributed by atoms with E-state index < -0.39 is 11.6 Å². The van der Waals surface area contributed by atoms with Crippen molar-refractivity contribution in [2.75, 3.05) is 13.2 Å². The van der Waals surface area contributed by atoms with Gasteiger partial charge in [0.2, 0.25) is 0 Å². The van der Waals surface area contributed by atoms with Crippen LogP contribution in [0.3, 0.4) is 0 Å². The van der Waals surface area contributed by atoms with Crippen molar-refractivity contribution in [2.24, 2.45) is 0 Å². The molecule has 0 saturated carbocycles. The Bertz CT molecular complexity index is 475. The highest BCUT2D eigenvalue weighted by atomic mass is 79.9. The highest BCUT2D eigenvalue weighted by Crippen LogP contribution is 2.32. The van der Waals surface area contributed by atoms with E-state index in [1.807, 2.05) is 13.8 Å². The normalized spacial score (nSPS) is 24.1. The molecule has 1 saturated heterocycles. The van der Waals surface area contributed by atoms with E-state index in [9.17, 15) is 8.78 Å². The standard InChI is InChI=1S/C15H20BrF2NO/c1-3-19-13(15(2)7-4-8-20-15)9-10-12(17)6-5-11(16)14(10)18/h5-6,13,19H,3-4,7-9H2,1-2H3. The molecule has 1 heterocycles. The lowest BCUT2D eigenvalue weighted by atomic mass is 9.88. The molecular weight excluding hydrogens is 328 g/mol. The number of hydrogen-bond acceptors (Lipinski definition) is 2. The first-order valence-corrected chi connectivity index (χ1v) is 7.77. The summed E-state index contributed by atoms with van der Waals surface area (Å²) in [7, 11) is 0. The van der Waals surface area contributed by atoms with Gasteiger partial charge in [-0.05, 0) is 60.8 Å². The Kier molecular flexibility index (Phi) is 5.15. The molecule has 1 aliphatic heterocycles. The second-order valence-corrected chi connectivity index (χ2v) is 6.26. The highest BCUT2D eigenvalue weighted by molar-refractivity contribution is 9.10. The molecule has 0 amide bonds. The summed E-state index contributed by atoms with van der Waals surface area (Å²) in [6.07, 6.45) is 2.17. The second-order valence-electron chi connectivity index (χ2n) is 5.40. The lowest BCUT2D eigenvalue weighted by molar-refractivity contribution is -0.0114. The maximum atomic E-state index is 14.1. The molecule has 2 nitrogen and oxygen atoms in total. The summed E-state index contributed by atoms with van der Waals surface area (Å²) < 4.78 is 34.1. The van der Waals surface area contributed by atoms with E-state index in [2.05, 4.69) is 21.2 Å². The van der Waals surface area contributed by atoms with Crippen LogP contribution in [0.15, 0.2) is 16.6 Å². The SMILES string of the molecule is CCNC(Cc1c(F)ccc(Br)c1F)C1(C)CCCO1. The van der Waals surface area contributed by atoms with E-state index in [-0.39, 0.29) is 23.6 Å². The largest absolute Gasteiger partial charge is 0.374 e. The average molecular weight is 348 g/mol. The number of benzene rings is 1. The number of likely N-dealkylation sites (N-methyl/N-ethyl adjacent to an activating group) is 1. The van der Waals surface area contributed by atoms with E-state index in [0.29, 0.717) is 11.1 Å². The quantitative estimate of drug-likeness (QED) is 0.817. The highest BCUT2D eigenvalue weighted by Gasteiger charge is 2.38. The van der Waals surface area contributed by atoms with Crippen LogP contribution in [-0.4, -0.2) is 24.8 Å². The molecule has 0 bridgehead atoms. The van der Waals surface area contributed by atoms with Gasteiger partial charge in [0, 0.05) is 18.2 Å². The van der Waals surface area contributed by atoms with Gasteiger partial charge in [-0.15, -0.1) is 0 Å². The minimum atomic E-state index is -0.519. The molecule has 0 spiro atoms. The molecule has 1 aromatic carbocycles. The predicted octanol–water partition coefficient (Wildman–Crippen LogP) is 3.82. The van der Waals surface area contributed by atoms with Gasteiger partial charge in [-0.1, -0.05) is 6.92 Å². The van der Waals surface area contributed by atoms with Crippen LogP contribution in [0.2, 0.25) is 0 Å². The Morgan fingerprint density at radius 2 is 2.20 bits per heavy atom. The number of nitrogens with one attached hydrogen (secondary N) is 1. The van der Waals surface area contributed by atoms with Crippen LogP contribution in [0.25, 0.3) is 0 Å². The molecule has 1 aromatic rings. The molecule has 0 aromatic heterocycles. The van der Waals surface area contributed by atoms with Crippen molar-refractivity contribution in [3.63, 3.8) is 0 Å². The van der Waals surface area contributed by atoms with Crippen molar-refractivity contribution in [3.05, 3.63) is 33.8 Å². The number of halogens is 3. The Labute approximate surface area is 127 Å². The molecule has 0 aliphatic carbocycles. The van der Waals surface area contributed by atoms with Crippen molar-refractivity contribution < 1.29 is 13.5 Å². The van der Waals surface area contributed by atoms with Gasteiger partial charge < -0.3 is 10.1 Å². The molecule has 2 unspecified atom stereocenters. The van der Waals surface area contributed by atoms with E-state index >= 15 is 0 Å². The van der Waals surface area contributed by atoms with Gasteiger partial charge in [-0.2, -0.15) is 0 Å². The Morgan fingerprint density at radius 1 is 1.45 bits per heavy atom. The van der Waals surface area contributed by atoms with Crippen molar-refractivity contribution in [1.29, 1.82) is 0 Å². The van der Waals surface area contributed by atoms with Crippen LogP contribution >= 0.6 is 15.9 Å². The maximum Gasteiger partial charge on any atom is 0.143 e. The summed E-state index contributed by atoms with van der Waals surface area (Å²) in [5.41, 5.74) is -0.251. The first-order chi connectivity index (χ1) is 9.48. The number of rotatable bonds is 5. The average Bonchev–Trinajstić information content (AvgIpc) is 2.86. The number of hydrogen-bond donors (Lipinski definition) is 1. The Balaban J connectivity index is 2.27. The van der Waals surface area contributed by atoms with Gasteiger partial charge in [0.1, 0.15) is 11.6 Å². The molecule has 1 aliphatic rings. The van der Waals surface area contributed by atoms with Gasteiger partial charge in [0.15, 0.2) is 0 Å². The summed E-state index contributed by atoms with van der Waals surface area (Å²) in [6.45, 7) is 5.45. The summed E-state index contributed by atoms with van der Waals surface area (Å²) in [6, 6.07) is 2.58. The van der Waals surface area contributed by atoms with Crippen LogP contribution in [0.1, 0.15) is 32.3 Å².